The number of carbonyl (C=O) groups excluding carboxylic acids is 1. The van der Waals surface area contributed by atoms with Crippen LogP contribution in [0.25, 0.3) is 0 Å². The normalized spacial score (nSPS) is 10.5. The van der Waals surface area contributed by atoms with Gasteiger partial charge in [0.05, 0.1) is 14.2 Å². The van der Waals surface area contributed by atoms with Crippen LogP contribution in [0.5, 0.6) is 11.5 Å². The second-order valence-electron chi connectivity index (χ2n) is 6.43. The smallest absolute Gasteiger partial charge is 0.277 e. The zero-order chi connectivity index (χ0) is 21.7. The Morgan fingerprint density at radius 3 is 2.60 bits per heavy atom. The molecule has 0 radical (unpaired) electrons. The van der Waals surface area contributed by atoms with Crippen LogP contribution in [0.1, 0.15) is 21.5 Å². The maximum atomic E-state index is 12.6. The van der Waals surface area contributed by atoms with Crippen LogP contribution in [0.15, 0.2) is 52.4 Å². The van der Waals surface area contributed by atoms with E-state index in [9.17, 15) is 9.59 Å². The van der Waals surface area contributed by atoms with Crippen LogP contribution >= 0.6 is 11.8 Å². The lowest BCUT2D eigenvalue weighted by Crippen LogP contribution is -2.23. The molecule has 0 saturated heterocycles. The predicted molar refractivity (Wildman–Crippen MR) is 118 cm³/mol. The number of nitrogens with zero attached hydrogens (tertiary/aromatic N) is 1. The third-order valence-electron chi connectivity index (χ3n) is 4.27. The molecule has 0 aliphatic carbocycles. The Hall–Kier alpha value is -3.46. The molecule has 3 aromatic rings. The van der Waals surface area contributed by atoms with E-state index >= 15 is 0 Å². The SMILES string of the molecule is COc1ccc(C(=O)Nc2c(N)nc(SCc3cccc(C)c3)[nH]c2=O)cc1OC. The maximum absolute atomic E-state index is 12.6. The standard InChI is InChI=1S/C21H22N4O4S/c1-12-5-4-6-13(9-12)11-30-21-24-18(22)17(20(27)25-21)23-19(26)14-7-8-15(28-2)16(10-14)29-3/h4-10H,11H2,1-3H3,(H,23,26)(H3,22,24,25,27). The number of rotatable bonds is 7. The first-order valence-electron chi connectivity index (χ1n) is 9.02. The molecule has 0 unspecified atom stereocenters. The third-order valence-corrected chi connectivity index (χ3v) is 5.21. The number of nitrogen functional groups attached to an aromatic ring is 1. The summed E-state index contributed by atoms with van der Waals surface area (Å²) < 4.78 is 10.4. The highest BCUT2D eigenvalue weighted by molar-refractivity contribution is 7.98. The zero-order valence-corrected chi connectivity index (χ0v) is 17.6. The monoisotopic (exact) mass is 426 g/mol. The zero-order valence-electron chi connectivity index (χ0n) is 16.8. The number of aryl methyl sites for hydroxylation is 1. The van der Waals surface area contributed by atoms with Gasteiger partial charge in [0.25, 0.3) is 11.5 Å². The predicted octanol–water partition coefficient (Wildman–Crippen LogP) is 3.22. The van der Waals surface area contributed by atoms with Crippen molar-refractivity contribution < 1.29 is 14.3 Å². The van der Waals surface area contributed by atoms with Gasteiger partial charge in [0, 0.05) is 11.3 Å². The number of ether oxygens (including phenoxy) is 2. The molecule has 0 atom stereocenters. The van der Waals surface area contributed by atoms with Gasteiger partial charge >= 0.3 is 0 Å². The minimum Gasteiger partial charge on any atom is -0.493 e. The van der Waals surface area contributed by atoms with Gasteiger partial charge in [0.1, 0.15) is 5.69 Å². The number of thioether (sulfide) groups is 1. The molecule has 0 spiro atoms. The van der Waals surface area contributed by atoms with Gasteiger partial charge in [-0.25, -0.2) is 4.98 Å². The maximum Gasteiger partial charge on any atom is 0.277 e. The van der Waals surface area contributed by atoms with Gasteiger partial charge in [-0.2, -0.15) is 0 Å². The summed E-state index contributed by atoms with van der Waals surface area (Å²) >= 11 is 1.35. The average molecular weight is 426 g/mol. The van der Waals surface area contributed by atoms with E-state index in [0.717, 1.165) is 11.1 Å². The first kappa shape index (κ1) is 21.3. The molecule has 156 valence electrons. The van der Waals surface area contributed by atoms with Crippen LogP contribution in [-0.4, -0.2) is 30.1 Å². The summed E-state index contributed by atoms with van der Waals surface area (Å²) in [5.74, 6) is 0.937. The van der Waals surface area contributed by atoms with Gasteiger partial charge in [0.2, 0.25) is 0 Å². The summed E-state index contributed by atoms with van der Waals surface area (Å²) in [4.78, 5) is 31.9. The Bertz CT molecular complexity index is 1130. The highest BCUT2D eigenvalue weighted by atomic mass is 32.2. The molecule has 0 aliphatic rings. The van der Waals surface area contributed by atoms with Crippen LogP contribution in [-0.2, 0) is 5.75 Å². The molecule has 1 aromatic heterocycles. The van der Waals surface area contributed by atoms with Crippen molar-refractivity contribution in [1.29, 1.82) is 0 Å². The molecule has 0 saturated carbocycles. The molecule has 1 amide bonds. The lowest BCUT2D eigenvalue weighted by Gasteiger charge is -2.11. The first-order valence-corrected chi connectivity index (χ1v) is 10.0. The second kappa shape index (κ2) is 9.36. The molecule has 0 bridgehead atoms. The highest BCUT2D eigenvalue weighted by Crippen LogP contribution is 2.28. The van der Waals surface area contributed by atoms with E-state index in [2.05, 4.69) is 21.4 Å². The Morgan fingerprint density at radius 1 is 1.17 bits per heavy atom. The number of carbonyl (C=O) groups is 1. The number of anilines is 2. The fourth-order valence-electron chi connectivity index (χ4n) is 2.78. The van der Waals surface area contributed by atoms with Crippen LogP contribution in [0.3, 0.4) is 0 Å². The van der Waals surface area contributed by atoms with Crippen molar-refractivity contribution in [1.82, 2.24) is 9.97 Å². The Kier molecular flexibility index (Phi) is 6.63. The van der Waals surface area contributed by atoms with Crippen molar-refractivity contribution in [3.63, 3.8) is 0 Å². The van der Waals surface area contributed by atoms with Gasteiger partial charge in [0.15, 0.2) is 22.5 Å². The summed E-state index contributed by atoms with van der Waals surface area (Å²) in [5, 5.41) is 2.89. The van der Waals surface area contributed by atoms with Gasteiger partial charge in [-0.3, -0.25) is 14.6 Å². The van der Waals surface area contributed by atoms with E-state index < -0.39 is 11.5 Å². The number of H-pyrrole nitrogens is 1. The van der Waals surface area contributed by atoms with E-state index in [-0.39, 0.29) is 17.1 Å². The molecule has 3 rings (SSSR count). The van der Waals surface area contributed by atoms with E-state index in [1.165, 1.54) is 32.0 Å². The third kappa shape index (κ3) is 4.93. The van der Waals surface area contributed by atoms with E-state index in [4.69, 9.17) is 15.2 Å². The number of amides is 1. The number of aromatic amines is 1. The van der Waals surface area contributed by atoms with Crippen LogP contribution in [0.4, 0.5) is 11.5 Å². The van der Waals surface area contributed by atoms with Crippen molar-refractivity contribution in [3.05, 3.63) is 69.5 Å². The van der Waals surface area contributed by atoms with Crippen LogP contribution < -0.4 is 26.1 Å². The molecule has 0 aliphatic heterocycles. The van der Waals surface area contributed by atoms with Crippen LogP contribution in [0.2, 0.25) is 0 Å². The molecule has 0 fully saturated rings. The van der Waals surface area contributed by atoms with E-state index in [0.29, 0.717) is 22.4 Å². The Morgan fingerprint density at radius 2 is 1.93 bits per heavy atom. The van der Waals surface area contributed by atoms with Crippen molar-refractivity contribution in [2.75, 3.05) is 25.3 Å². The van der Waals surface area contributed by atoms with Gasteiger partial charge in [-0.05, 0) is 30.7 Å². The highest BCUT2D eigenvalue weighted by Gasteiger charge is 2.16. The number of hydrogen-bond acceptors (Lipinski definition) is 7. The van der Waals surface area contributed by atoms with Gasteiger partial charge in [-0.1, -0.05) is 41.6 Å². The minimum atomic E-state index is -0.525. The molecule has 9 heteroatoms. The number of nitrogens with one attached hydrogen (secondary N) is 2. The number of hydrogen-bond donors (Lipinski definition) is 3. The quantitative estimate of drug-likeness (QED) is 0.392. The van der Waals surface area contributed by atoms with Crippen molar-refractivity contribution >= 4 is 29.2 Å². The van der Waals surface area contributed by atoms with Gasteiger partial charge < -0.3 is 20.5 Å². The number of nitrogens with two attached hydrogens (primary N) is 1. The summed E-state index contributed by atoms with van der Waals surface area (Å²) in [5.41, 5.74) is 7.85. The summed E-state index contributed by atoms with van der Waals surface area (Å²) in [6, 6.07) is 12.7. The lowest BCUT2D eigenvalue weighted by molar-refractivity contribution is 0.102. The molecule has 2 aromatic carbocycles. The fraction of sp³-hybridized carbons (Fsp3) is 0.190. The number of benzene rings is 2. The number of methoxy groups -OCH3 is 2. The van der Waals surface area contributed by atoms with Crippen molar-refractivity contribution in [2.24, 2.45) is 0 Å². The van der Waals surface area contributed by atoms with Crippen molar-refractivity contribution in [2.45, 2.75) is 17.8 Å². The van der Waals surface area contributed by atoms with Gasteiger partial charge in [-0.15, -0.1) is 0 Å². The summed E-state index contributed by atoms with van der Waals surface area (Å²) in [6.07, 6.45) is 0. The molecule has 8 nitrogen and oxygen atoms in total. The van der Waals surface area contributed by atoms with Crippen LogP contribution in [0, 0.1) is 6.92 Å². The Balaban J connectivity index is 1.75. The Labute approximate surface area is 177 Å². The molecule has 4 N–H and O–H groups in total. The number of aromatic nitrogens is 2. The topological polar surface area (TPSA) is 119 Å². The summed E-state index contributed by atoms with van der Waals surface area (Å²) in [7, 11) is 2.97. The molecule has 30 heavy (non-hydrogen) atoms. The van der Waals surface area contributed by atoms with Crippen molar-refractivity contribution in [3.8, 4) is 11.5 Å². The first-order chi connectivity index (χ1) is 14.4. The summed E-state index contributed by atoms with van der Waals surface area (Å²) in [6.45, 7) is 2.02. The largest absolute Gasteiger partial charge is 0.493 e. The minimum absolute atomic E-state index is 0.0562. The van der Waals surface area contributed by atoms with E-state index in [1.54, 1.807) is 12.1 Å². The average Bonchev–Trinajstić information content (AvgIpc) is 2.74. The molecule has 1 heterocycles. The van der Waals surface area contributed by atoms with E-state index in [1.807, 2.05) is 25.1 Å². The lowest BCUT2D eigenvalue weighted by atomic mass is 10.2. The second-order valence-corrected chi connectivity index (χ2v) is 7.40. The molecular formula is C21H22N4O4S. The molecular weight excluding hydrogens is 404 g/mol. The fourth-order valence-corrected chi connectivity index (χ4v) is 3.59.